The molecule has 0 aromatic rings. The Bertz CT molecular complexity index is 137. The molecule has 11 heteroatoms. The predicted molar refractivity (Wildman–Crippen MR) is 70.4 cm³/mol. The maximum absolute atomic E-state index is 8.11. The third-order valence-electron chi connectivity index (χ3n) is 1.15. The molecule has 0 rings (SSSR count). The van der Waals surface area contributed by atoms with Crippen LogP contribution in [-0.4, -0.2) is 74.6 Å². The quantitative estimate of drug-likeness (QED) is 0.298. The summed E-state index contributed by atoms with van der Waals surface area (Å²) < 4.78 is 0. The summed E-state index contributed by atoms with van der Waals surface area (Å²) in [6, 6.07) is 0. The van der Waals surface area contributed by atoms with Crippen LogP contribution in [0.5, 0.6) is 0 Å². The van der Waals surface area contributed by atoms with Crippen molar-refractivity contribution in [2.24, 2.45) is 22.1 Å². The first kappa shape index (κ1) is 30.9. The van der Waals surface area contributed by atoms with Crippen LogP contribution in [0.1, 0.15) is 0 Å². The zero-order chi connectivity index (χ0) is 15.4. The van der Waals surface area contributed by atoms with E-state index in [9.17, 15) is 0 Å². The van der Waals surface area contributed by atoms with Gasteiger partial charge in [0.25, 0.3) is 0 Å². The van der Waals surface area contributed by atoms with Crippen LogP contribution in [0.3, 0.4) is 0 Å². The molecule has 0 saturated heterocycles. The number of rotatable bonds is 4. The second-order valence-electron chi connectivity index (χ2n) is 3.35. The molecule has 6 N–H and O–H groups in total. The zero-order valence-electron chi connectivity index (χ0n) is 12.2. The number of hydrogen-bond donors (Lipinski definition) is 4. The molecule has 0 bridgehead atoms. The Labute approximate surface area is 126 Å². The molecular formula is C8H26N6O4Zn. The van der Waals surface area contributed by atoms with Crippen molar-refractivity contribution >= 4 is 0 Å². The van der Waals surface area contributed by atoms with Gasteiger partial charge in [0, 0.05) is 45.7 Å². The molecule has 0 heterocycles. The van der Waals surface area contributed by atoms with Gasteiger partial charge in [-0.1, -0.05) is 0 Å². The third-order valence-corrected chi connectivity index (χ3v) is 1.15. The maximum Gasteiger partial charge on any atom is 0.152 e. The van der Waals surface area contributed by atoms with Crippen LogP contribution in [0.15, 0.2) is 10.7 Å². The number of nitrogens with zero attached hydrogens (tertiary/aromatic N) is 4. The largest absolute Gasteiger partial charge is 0.379 e. The number of hydrogen-bond acceptors (Lipinski definition) is 8. The first-order chi connectivity index (χ1) is 8.37. The molecule has 0 aliphatic carbocycles. The summed E-state index contributed by atoms with van der Waals surface area (Å²) in [6.45, 7) is 3.49. The molecular weight excluding hydrogens is 310 g/mol. The summed E-state index contributed by atoms with van der Waals surface area (Å²) >= 11 is 0. The van der Waals surface area contributed by atoms with Gasteiger partial charge in [-0.2, -0.15) is 0 Å². The van der Waals surface area contributed by atoms with Crippen LogP contribution in [0.25, 0.3) is 0 Å². The Morgan fingerprint density at radius 1 is 0.842 bits per heavy atom. The molecule has 0 amide bonds. The smallest absolute Gasteiger partial charge is 0.152 e. The first-order valence-electron chi connectivity index (χ1n) is 5.00. The van der Waals surface area contributed by atoms with Gasteiger partial charge in [-0.3, -0.25) is 0 Å². The van der Waals surface area contributed by atoms with Crippen LogP contribution < -0.4 is 11.5 Å². The molecule has 0 spiro atoms. The molecule has 0 saturated carbocycles. The minimum absolute atomic E-state index is 0. The summed E-state index contributed by atoms with van der Waals surface area (Å²) in [5.74, 6) is 0. The summed E-state index contributed by atoms with van der Waals surface area (Å²) in [5, 5.41) is 15.8. The van der Waals surface area contributed by atoms with E-state index in [4.69, 9.17) is 31.7 Å². The Morgan fingerprint density at radius 2 is 1.00 bits per heavy atom. The van der Waals surface area contributed by atoms with E-state index >= 15 is 0 Å². The minimum Gasteiger partial charge on any atom is -0.379 e. The molecule has 19 heavy (non-hydrogen) atoms. The van der Waals surface area contributed by atoms with E-state index in [0.717, 1.165) is 26.2 Å². The summed E-state index contributed by atoms with van der Waals surface area (Å²) in [5.41, 5.74) is 10.4. The monoisotopic (exact) mass is 334 g/mol. The summed E-state index contributed by atoms with van der Waals surface area (Å²) in [4.78, 5) is 20.3. The van der Waals surface area contributed by atoms with Gasteiger partial charge in [-0.05, 0) is 28.2 Å². The van der Waals surface area contributed by atoms with Gasteiger partial charge in [0.05, 0.1) is 0 Å². The van der Waals surface area contributed by atoms with E-state index in [2.05, 4.69) is 9.80 Å². The van der Waals surface area contributed by atoms with Gasteiger partial charge in [0.15, 0.2) is 10.7 Å². The van der Waals surface area contributed by atoms with Crippen molar-refractivity contribution < 1.29 is 29.9 Å². The molecule has 0 atom stereocenters. The van der Waals surface area contributed by atoms with Gasteiger partial charge < -0.3 is 31.7 Å². The van der Waals surface area contributed by atoms with Crippen LogP contribution in [0, 0.1) is 9.81 Å². The fourth-order valence-corrected chi connectivity index (χ4v) is 0.516. The van der Waals surface area contributed by atoms with Crippen LogP contribution in [0.2, 0.25) is 0 Å². The van der Waals surface area contributed by atoms with E-state index in [1.54, 1.807) is 0 Å². The molecule has 0 aromatic carbocycles. The van der Waals surface area contributed by atoms with Gasteiger partial charge in [0.1, 0.15) is 0 Å². The molecule has 0 fully saturated rings. The Balaban J connectivity index is -0.0000000476. The van der Waals surface area contributed by atoms with Crippen LogP contribution in [0.4, 0.5) is 0 Å². The first-order valence-corrected chi connectivity index (χ1v) is 5.00. The fraction of sp³-hybridized carbons (Fsp3) is 1.00. The topological polar surface area (TPSA) is 158 Å². The zero-order valence-corrected chi connectivity index (χ0v) is 15.2. The maximum atomic E-state index is 8.11. The minimum atomic E-state index is 0. The van der Waals surface area contributed by atoms with E-state index in [0.29, 0.717) is 0 Å². The average molecular weight is 336 g/mol. The molecule has 114 valence electrons. The molecule has 0 aliphatic rings. The normalized spacial score (nSPS) is 7.58. The second kappa shape index (κ2) is 36.0. The van der Waals surface area contributed by atoms with Crippen molar-refractivity contribution in [3.8, 4) is 0 Å². The molecule has 0 aromatic heterocycles. The van der Waals surface area contributed by atoms with E-state index in [1.165, 1.54) is 10.7 Å². The molecule has 0 radical (unpaired) electrons. The second-order valence-corrected chi connectivity index (χ2v) is 3.35. The molecule has 10 nitrogen and oxygen atoms in total. The van der Waals surface area contributed by atoms with Gasteiger partial charge >= 0.3 is 0 Å². The average Bonchev–Trinajstić information content (AvgIpc) is 2.20. The molecule has 0 aliphatic heterocycles. The van der Waals surface area contributed by atoms with Gasteiger partial charge in [-0.15, -0.1) is 9.81 Å². The summed E-state index contributed by atoms with van der Waals surface area (Å²) in [7, 11) is 8.03. The van der Waals surface area contributed by atoms with Crippen molar-refractivity contribution in [2.75, 3.05) is 54.4 Å². The number of likely N-dealkylation sites (N-methyl/N-ethyl adjacent to an activating group) is 2. The van der Waals surface area contributed by atoms with Crippen molar-refractivity contribution in [1.82, 2.24) is 9.80 Å². The Kier molecular flexibility index (Phi) is 58.6. The Hall–Kier alpha value is -0.737. The van der Waals surface area contributed by atoms with E-state index < -0.39 is 0 Å². The standard InChI is InChI=1S/2C4H12N2.2HNO2.Zn/c2*1-6(2)4-3-5;2*2-1-3;/h2*3-5H2,1-2H3;2*(H,2,3);. The molecule has 0 unspecified atom stereocenters. The Morgan fingerprint density at radius 3 is 1.00 bits per heavy atom. The third kappa shape index (κ3) is 145. The van der Waals surface area contributed by atoms with Gasteiger partial charge in [-0.25, -0.2) is 0 Å². The van der Waals surface area contributed by atoms with E-state index in [-0.39, 0.29) is 19.5 Å². The van der Waals surface area contributed by atoms with Crippen molar-refractivity contribution in [2.45, 2.75) is 0 Å². The number of nitrogens with two attached hydrogens (primary N) is 2. The van der Waals surface area contributed by atoms with Crippen molar-refractivity contribution in [1.29, 1.82) is 0 Å². The SMILES string of the molecule is CN(C)CCN.CN(C)CCN.O=NO.O=NO.[Zn]. The van der Waals surface area contributed by atoms with Crippen LogP contribution >= 0.6 is 0 Å². The van der Waals surface area contributed by atoms with E-state index in [1.807, 2.05) is 28.2 Å². The predicted octanol–water partition coefficient (Wildman–Crippen LogP) is -0.705. The van der Waals surface area contributed by atoms with Crippen LogP contribution in [-0.2, 0) is 19.5 Å². The summed E-state index contributed by atoms with van der Waals surface area (Å²) in [6.07, 6.45) is 0. The van der Waals surface area contributed by atoms with Crippen molar-refractivity contribution in [3.63, 3.8) is 0 Å². The van der Waals surface area contributed by atoms with Gasteiger partial charge in [0.2, 0.25) is 0 Å². The van der Waals surface area contributed by atoms with Crippen molar-refractivity contribution in [3.05, 3.63) is 9.81 Å². The fourth-order valence-electron chi connectivity index (χ4n) is 0.516.